The third-order valence-corrected chi connectivity index (χ3v) is 5.48. The molecule has 0 saturated carbocycles. The van der Waals surface area contributed by atoms with Crippen LogP contribution in [0.5, 0.6) is 0 Å². The number of benzene rings is 1. The van der Waals surface area contributed by atoms with Crippen LogP contribution in [0.15, 0.2) is 42.7 Å². The molecule has 1 amide bonds. The molecule has 2 aromatic rings. The second kappa shape index (κ2) is 6.92. The standard InChI is InChI=1S/C20H24N4O/c1-14-11-22-16(12-21-14)13-23-20(25)17-10-19(15-6-3-2-4-7-15)24-9-5-8-18(17)24/h2-4,6-7,11-12,17-19H,5,8-10,13H2,1H3,(H,23,25)/t17-,18+,19-/m1/s1. The first-order chi connectivity index (χ1) is 12.2. The summed E-state index contributed by atoms with van der Waals surface area (Å²) in [5.41, 5.74) is 3.02. The van der Waals surface area contributed by atoms with Gasteiger partial charge in [0, 0.05) is 18.3 Å². The Hall–Kier alpha value is -2.27. The van der Waals surface area contributed by atoms with Crippen molar-refractivity contribution >= 4 is 5.91 Å². The minimum Gasteiger partial charge on any atom is -0.350 e. The van der Waals surface area contributed by atoms with Crippen molar-refractivity contribution in [1.29, 1.82) is 0 Å². The predicted octanol–water partition coefficient (Wildman–Crippen LogP) is 2.63. The average molecular weight is 336 g/mol. The van der Waals surface area contributed by atoms with Gasteiger partial charge in [-0.3, -0.25) is 19.7 Å². The molecule has 130 valence electrons. The van der Waals surface area contributed by atoms with E-state index in [0.29, 0.717) is 18.6 Å². The van der Waals surface area contributed by atoms with Crippen molar-refractivity contribution in [3.63, 3.8) is 0 Å². The van der Waals surface area contributed by atoms with Gasteiger partial charge in [-0.25, -0.2) is 0 Å². The molecule has 2 saturated heterocycles. The maximum atomic E-state index is 12.8. The lowest BCUT2D eigenvalue weighted by atomic mass is 9.93. The van der Waals surface area contributed by atoms with Crippen LogP contribution in [0.1, 0.15) is 42.3 Å². The van der Waals surface area contributed by atoms with Gasteiger partial charge in [-0.1, -0.05) is 30.3 Å². The van der Waals surface area contributed by atoms with Gasteiger partial charge in [0.1, 0.15) is 0 Å². The summed E-state index contributed by atoms with van der Waals surface area (Å²) in [6.45, 7) is 3.45. The Balaban J connectivity index is 1.44. The molecule has 1 aromatic heterocycles. The zero-order valence-electron chi connectivity index (χ0n) is 14.6. The zero-order valence-corrected chi connectivity index (χ0v) is 14.6. The summed E-state index contributed by atoms with van der Waals surface area (Å²) in [4.78, 5) is 23.9. The fraction of sp³-hybridized carbons (Fsp3) is 0.450. The molecule has 3 heterocycles. The van der Waals surface area contributed by atoms with Crippen LogP contribution < -0.4 is 5.32 Å². The van der Waals surface area contributed by atoms with E-state index in [4.69, 9.17) is 0 Å². The topological polar surface area (TPSA) is 58.1 Å². The molecule has 25 heavy (non-hydrogen) atoms. The molecular weight excluding hydrogens is 312 g/mol. The van der Waals surface area contributed by atoms with Crippen LogP contribution in [0.4, 0.5) is 0 Å². The van der Waals surface area contributed by atoms with Crippen LogP contribution in [0.25, 0.3) is 0 Å². The molecule has 5 nitrogen and oxygen atoms in total. The summed E-state index contributed by atoms with van der Waals surface area (Å²) in [7, 11) is 0. The van der Waals surface area contributed by atoms with Gasteiger partial charge in [0.15, 0.2) is 0 Å². The second-order valence-electron chi connectivity index (χ2n) is 7.08. The van der Waals surface area contributed by atoms with Crippen molar-refractivity contribution in [2.24, 2.45) is 5.92 Å². The first kappa shape index (κ1) is 16.2. The van der Waals surface area contributed by atoms with Crippen molar-refractivity contribution in [3.8, 4) is 0 Å². The van der Waals surface area contributed by atoms with Crippen LogP contribution >= 0.6 is 0 Å². The SMILES string of the molecule is Cc1cnc(CNC(=O)[C@@H]2C[C@H](c3ccccc3)N3CCC[C@@H]23)cn1. The summed E-state index contributed by atoms with van der Waals surface area (Å²) in [5.74, 6) is 0.212. The fourth-order valence-corrected chi connectivity index (χ4v) is 4.27. The number of carbonyl (C=O) groups excluding carboxylic acids is 1. The third-order valence-electron chi connectivity index (χ3n) is 5.48. The highest BCUT2D eigenvalue weighted by molar-refractivity contribution is 5.80. The van der Waals surface area contributed by atoms with Gasteiger partial charge in [-0.05, 0) is 38.3 Å². The fourth-order valence-electron chi connectivity index (χ4n) is 4.27. The number of amides is 1. The minimum absolute atomic E-state index is 0.0612. The van der Waals surface area contributed by atoms with E-state index in [1.165, 1.54) is 12.0 Å². The van der Waals surface area contributed by atoms with Crippen molar-refractivity contribution in [2.75, 3.05) is 6.54 Å². The van der Waals surface area contributed by atoms with E-state index in [9.17, 15) is 4.79 Å². The Morgan fingerprint density at radius 2 is 2.08 bits per heavy atom. The summed E-state index contributed by atoms with van der Waals surface area (Å²) < 4.78 is 0. The first-order valence-corrected chi connectivity index (χ1v) is 9.08. The number of hydrogen-bond acceptors (Lipinski definition) is 4. The number of nitrogens with zero attached hydrogens (tertiary/aromatic N) is 3. The highest BCUT2D eigenvalue weighted by Gasteiger charge is 2.46. The Morgan fingerprint density at radius 1 is 1.24 bits per heavy atom. The van der Waals surface area contributed by atoms with Gasteiger partial charge >= 0.3 is 0 Å². The number of hydrogen-bond donors (Lipinski definition) is 1. The van der Waals surface area contributed by atoms with Crippen LogP contribution in [0.3, 0.4) is 0 Å². The molecule has 2 aliphatic heterocycles. The highest BCUT2D eigenvalue weighted by atomic mass is 16.2. The van der Waals surface area contributed by atoms with Crippen LogP contribution in [-0.2, 0) is 11.3 Å². The Labute approximate surface area is 148 Å². The maximum absolute atomic E-state index is 12.8. The first-order valence-electron chi connectivity index (χ1n) is 9.08. The summed E-state index contributed by atoms with van der Waals surface area (Å²) in [6.07, 6.45) is 6.67. The number of aryl methyl sites for hydroxylation is 1. The van der Waals surface area contributed by atoms with Crippen molar-refractivity contribution < 1.29 is 4.79 Å². The second-order valence-corrected chi connectivity index (χ2v) is 7.08. The van der Waals surface area contributed by atoms with E-state index in [1.54, 1.807) is 12.4 Å². The zero-order chi connectivity index (χ0) is 17.2. The number of rotatable bonds is 4. The number of nitrogens with one attached hydrogen (secondary N) is 1. The van der Waals surface area contributed by atoms with Crippen molar-refractivity contribution in [2.45, 2.75) is 44.8 Å². The highest BCUT2D eigenvalue weighted by Crippen LogP contribution is 2.44. The van der Waals surface area contributed by atoms with Gasteiger partial charge in [0.2, 0.25) is 5.91 Å². The van der Waals surface area contributed by atoms with Gasteiger partial charge < -0.3 is 5.32 Å². The van der Waals surface area contributed by atoms with E-state index < -0.39 is 0 Å². The smallest absolute Gasteiger partial charge is 0.225 e. The van der Waals surface area contributed by atoms with E-state index in [2.05, 4.69) is 44.5 Å². The summed E-state index contributed by atoms with van der Waals surface area (Å²) in [6, 6.07) is 11.3. The molecule has 4 rings (SSSR count). The van der Waals surface area contributed by atoms with Crippen molar-refractivity contribution in [3.05, 3.63) is 59.7 Å². The predicted molar refractivity (Wildman–Crippen MR) is 95.6 cm³/mol. The number of fused-ring (bicyclic) bond motifs is 1. The molecule has 5 heteroatoms. The normalized spacial score (nSPS) is 25.7. The van der Waals surface area contributed by atoms with Gasteiger partial charge in [0.05, 0.1) is 30.0 Å². The van der Waals surface area contributed by atoms with Crippen LogP contribution in [0.2, 0.25) is 0 Å². The molecule has 2 fully saturated rings. The molecule has 0 radical (unpaired) electrons. The lowest BCUT2D eigenvalue weighted by Gasteiger charge is -2.24. The number of aromatic nitrogens is 2. The molecule has 1 N–H and O–H groups in total. The third kappa shape index (κ3) is 3.29. The van der Waals surface area contributed by atoms with Crippen LogP contribution in [0, 0.1) is 12.8 Å². The molecule has 3 atom stereocenters. The van der Waals surface area contributed by atoms with E-state index in [-0.39, 0.29) is 11.8 Å². The van der Waals surface area contributed by atoms with Gasteiger partial charge in [-0.15, -0.1) is 0 Å². The monoisotopic (exact) mass is 336 g/mol. The molecule has 0 aliphatic carbocycles. The summed E-state index contributed by atoms with van der Waals surface area (Å²) >= 11 is 0. The van der Waals surface area contributed by atoms with E-state index in [1.807, 2.05) is 13.0 Å². The van der Waals surface area contributed by atoms with Crippen molar-refractivity contribution in [1.82, 2.24) is 20.2 Å². The lowest BCUT2D eigenvalue weighted by molar-refractivity contribution is -0.125. The molecule has 2 aliphatic rings. The lowest BCUT2D eigenvalue weighted by Crippen LogP contribution is -2.37. The molecule has 1 aromatic carbocycles. The van der Waals surface area contributed by atoms with Gasteiger partial charge in [-0.2, -0.15) is 0 Å². The maximum Gasteiger partial charge on any atom is 0.225 e. The van der Waals surface area contributed by atoms with Crippen LogP contribution in [-0.4, -0.2) is 33.4 Å². The molecule has 0 bridgehead atoms. The minimum atomic E-state index is 0.0612. The largest absolute Gasteiger partial charge is 0.350 e. The molecular formula is C20H24N4O. The summed E-state index contributed by atoms with van der Waals surface area (Å²) in [5, 5.41) is 3.08. The molecule has 0 unspecified atom stereocenters. The Bertz CT molecular complexity index is 731. The number of carbonyl (C=O) groups is 1. The molecule has 0 spiro atoms. The average Bonchev–Trinajstić information content (AvgIpc) is 3.24. The van der Waals surface area contributed by atoms with E-state index >= 15 is 0 Å². The Kier molecular flexibility index (Phi) is 4.49. The van der Waals surface area contributed by atoms with Gasteiger partial charge in [0.25, 0.3) is 0 Å². The Morgan fingerprint density at radius 3 is 2.84 bits per heavy atom. The quantitative estimate of drug-likeness (QED) is 0.932. The van der Waals surface area contributed by atoms with E-state index in [0.717, 1.165) is 30.8 Å².